The third kappa shape index (κ3) is 4.19. The Bertz CT molecular complexity index is 942. The van der Waals surface area contributed by atoms with E-state index in [2.05, 4.69) is 21.3 Å². The van der Waals surface area contributed by atoms with Crippen molar-refractivity contribution in [1.82, 2.24) is 15.2 Å². The maximum Gasteiger partial charge on any atom is 0.251 e. The van der Waals surface area contributed by atoms with E-state index in [-0.39, 0.29) is 5.91 Å². The topological polar surface area (TPSA) is 58.4 Å². The van der Waals surface area contributed by atoms with Crippen molar-refractivity contribution in [2.75, 3.05) is 19.6 Å². The van der Waals surface area contributed by atoms with E-state index in [9.17, 15) is 4.79 Å². The molecule has 140 valence electrons. The summed E-state index contributed by atoms with van der Waals surface area (Å²) >= 11 is 0. The predicted octanol–water partition coefficient (Wildman–Crippen LogP) is 3.70. The minimum Gasteiger partial charge on any atom is -0.441 e. The first-order valence-corrected chi connectivity index (χ1v) is 9.63. The average Bonchev–Trinajstić information content (AvgIpc) is 3.32. The molecule has 4 rings (SSSR count). The minimum absolute atomic E-state index is 0.0504. The SMILES string of the molecule is Cc1cccc2oc(CCNC(=O)c3cccc(CN4CCCC4)c3)nc12. The molecule has 3 aromatic rings. The van der Waals surface area contributed by atoms with Gasteiger partial charge >= 0.3 is 0 Å². The normalized spacial score (nSPS) is 14.7. The molecule has 1 aliphatic heterocycles. The van der Waals surface area contributed by atoms with Crippen LogP contribution in [0, 0.1) is 6.92 Å². The summed E-state index contributed by atoms with van der Waals surface area (Å²) < 4.78 is 5.76. The molecule has 0 aliphatic carbocycles. The Balaban J connectivity index is 1.34. The zero-order valence-electron chi connectivity index (χ0n) is 15.7. The lowest BCUT2D eigenvalue weighted by Gasteiger charge is -2.15. The van der Waals surface area contributed by atoms with Gasteiger partial charge in [0.05, 0.1) is 0 Å². The van der Waals surface area contributed by atoms with E-state index in [4.69, 9.17) is 4.42 Å². The van der Waals surface area contributed by atoms with E-state index in [0.717, 1.165) is 36.3 Å². The van der Waals surface area contributed by atoms with Gasteiger partial charge in [0, 0.05) is 25.1 Å². The number of hydrogen-bond acceptors (Lipinski definition) is 4. The molecule has 1 N–H and O–H groups in total. The lowest BCUT2D eigenvalue weighted by atomic mass is 10.1. The molecule has 5 nitrogen and oxygen atoms in total. The van der Waals surface area contributed by atoms with Crippen LogP contribution in [0.5, 0.6) is 0 Å². The molecule has 1 aliphatic rings. The fourth-order valence-electron chi connectivity index (χ4n) is 3.63. The third-order valence-electron chi connectivity index (χ3n) is 5.08. The number of oxazole rings is 1. The molecule has 0 radical (unpaired) electrons. The van der Waals surface area contributed by atoms with E-state index < -0.39 is 0 Å². The summed E-state index contributed by atoms with van der Waals surface area (Å²) in [4.78, 5) is 19.4. The molecule has 2 aromatic carbocycles. The van der Waals surface area contributed by atoms with Crippen LogP contribution in [-0.2, 0) is 13.0 Å². The van der Waals surface area contributed by atoms with Crippen molar-refractivity contribution < 1.29 is 9.21 Å². The Morgan fingerprint density at radius 3 is 2.81 bits per heavy atom. The van der Waals surface area contributed by atoms with E-state index in [1.54, 1.807) is 0 Å². The van der Waals surface area contributed by atoms with Crippen molar-refractivity contribution in [2.45, 2.75) is 32.7 Å². The van der Waals surface area contributed by atoms with E-state index in [0.29, 0.717) is 24.4 Å². The van der Waals surface area contributed by atoms with Gasteiger partial charge < -0.3 is 9.73 Å². The van der Waals surface area contributed by atoms with Gasteiger partial charge in [-0.15, -0.1) is 0 Å². The molecule has 27 heavy (non-hydrogen) atoms. The number of hydrogen-bond donors (Lipinski definition) is 1. The number of amides is 1. The van der Waals surface area contributed by atoms with Gasteiger partial charge in [0.1, 0.15) is 5.52 Å². The number of aromatic nitrogens is 1. The molecule has 0 unspecified atom stereocenters. The quantitative estimate of drug-likeness (QED) is 0.725. The first-order chi connectivity index (χ1) is 13.2. The highest BCUT2D eigenvalue weighted by Gasteiger charge is 2.13. The maximum atomic E-state index is 12.5. The molecule has 0 atom stereocenters. The number of benzene rings is 2. The van der Waals surface area contributed by atoms with Gasteiger partial charge in [0.2, 0.25) is 0 Å². The number of para-hydroxylation sites is 1. The fourth-order valence-corrected chi connectivity index (χ4v) is 3.63. The van der Waals surface area contributed by atoms with Crippen molar-refractivity contribution >= 4 is 17.0 Å². The van der Waals surface area contributed by atoms with E-state index in [1.165, 1.54) is 18.4 Å². The van der Waals surface area contributed by atoms with Gasteiger partial charge in [-0.2, -0.15) is 0 Å². The van der Waals surface area contributed by atoms with E-state index in [1.807, 2.05) is 43.3 Å². The van der Waals surface area contributed by atoms with Gasteiger partial charge in [-0.05, 0) is 62.2 Å². The molecule has 0 bridgehead atoms. The Hall–Kier alpha value is -2.66. The van der Waals surface area contributed by atoms with Crippen LogP contribution in [0.4, 0.5) is 0 Å². The summed E-state index contributed by atoms with van der Waals surface area (Å²) in [6, 6.07) is 13.8. The van der Waals surface area contributed by atoms with Crippen LogP contribution in [0.25, 0.3) is 11.1 Å². The van der Waals surface area contributed by atoms with E-state index >= 15 is 0 Å². The number of nitrogens with zero attached hydrogens (tertiary/aromatic N) is 2. The van der Waals surface area contributed by atoms with Crippen molar-refractivity contribution in [3.05, 3.63) is 65.0 Å². The number of carbonyl (C=O) groups is 1. The molecule has 1 aromatic heterocycles. The summed E-state index contributed by atoms with van der Waals surface area (Å²) in [6.07, 6.45) is 3.12. The van der Waals surface area contributed by atoms with Crippen LogP contribution in [0.1, 0.15) is 40.2 Å². The highest BCUT2D eigenvalue weighted by atomic mass is 16.3. The molecule has 1 amide bonds. The second-order valence-electron chi connectivity index (χ2n) is 7.22. The maximum absolute atomic E-state index is 12.5. The van der Waals surface area contributed by atoms with Crippen molar-refractivity contribution in [3.63, 3.8) is 0 Å². The van der Waals surface area contributed by atoms with Gasteiger partial charge in [-0.1, -0.05) is 24.3 Å². The lowest BCUT2D eigenvalue weighted by molar-refractivity contribution is 0.0953. The first-order valence-electron chi connectivity index (χ1n) is 9.63. The Morgan fingerprint density at radius 2 is 2.00 bits per heavy atom. The Kier molecular flexibility index (Phi) is 5.21. The summed E-state index contributed by atoms with van der Waals surface area (Å²) in [5.74, 6) is 0.605. The summed E-state index contributed by atoms with van der Waals surface area (Å²) in [6.45, 7) is 5.75. The number of carbonyl (C=O) groups excluding carboxylic acids is 1. The standard InChI is InChI=1S/C22H25N3O2/c1-16-6-4-9-19-21(16)24-20(27-19)10-11-23-22(26)18-8-5-7-17(14-18)15-25-12-2-3-13-25/h4-9,14H,2-3,10-13,15H2,1H3,(H,23,26). The van der Waals surface area contributed by atoms with Gasteiger partial charge in [-0.25, -0.2) is 4.98 Å². The van der Waals surface area contributed by atoms with Crippen LogP contribution in [0.3, 0.4) is 0 Å². The number of fused-ring (bicyclic) bond motifs is 1. The number of nitrogens with one attached hydrogen (secondary N) is 1. The molecule has 0 saturated carbocycles. The molecule has 0 spiro atoms. The second kappa shape index (κ2) is 7.92. The molecule has 5 heteroatoms. The number of likely N-dealkylation sites (tertiary alicyclic amines) is 1. The van der Waals surface area contributed by atoms with Crippen molar-refractivity contribution in [1.29, 1.82) is 0 Å². The second-order valence-corrected chi connectivity index (χ2v) is 7.22. The molecular formula is C22H25N3O2. The number of aryl methyl sites for hydroxylation is 1. The van der Waals surface area contributed by atoms with Crippen LogP contribution in [0.15, 0.2) is 46.9 Å². The van der Waals surface area contributed by atoms with Gasteiger partial charge in [-0.3, -0.25) is 9.69 Å². The van der Waals surface area contributed by atoms with Crippen LogP contribution >= 0.6 is 0 Å². The predicted molar refractivity (Wildman–Crippen MR) is 106 cm³/mol. The smallest absolute Gasteiger partial charge is 0.251 e. The average molecular weight is 363 g/mol. The van der Waals surface area contributed by atoms with Crippen LogP contribution < -0.4 is 5.32 Å². The third-order valence-corrected chi connectivity index (χ3v) is 5.08. The Morgan fingerprint density at radius 1 is 1.19 bits per heavy atom. The monoisotopic (exact) mass is 363 g/mol. The van der Waals surface area contributed by atoms with Gasteiger partial charge in [0.25, 0.3) is 5.91 Å². The van der Waals surface area contributed by atoms with Crippen molar-refractivity contribution in [2.24, 2.45) is 0 Å². The summed E-state index contributed by atoms with van der Waals surface area (Å²) in [5, 5.41) is 2.97. The summed E-state index contributed by atoms with van der Waals surface area (Å²) in [5.41, 5.74) is 4.69. The minimum atomic E-state index is -0.0504. The lowest BCUT2D eigenvalue weighted by Crippen LogP contribution is -2.26. The highest BCUT2D eigenvalue weighted by molar-refractivity contribution is 5.94. The van der Waals surface area contributed by atoms with Crippen LogP contribution in [-0.4, -0.2) is 35.4 Å². The van der Waals surface area contributed by atoms with Gasteiger partial charge in [0.15, 0.2) is 11.5 Å². The zero-order chi connectivity index (χ0) is 18.6. The molecule has 2 heterocycles. The number of rotatable bonds is 6. The molecule has 1 saturated heterocycles. The highest BCUT2D eigenvalue weighted by Crippen LogP contribution is 2.19. The summed E-state index contributed by atoms with van der Waals surface area (Å²) in [7, 11) is 0. The van der Waals surface area contributed by atoms with Crippen molar-refractivity contribution in [3.8, 4) is 0 Å². The fraction of sp³-hybridized carbons (Fsp3) is 0.364. The Labute approximate surface area is 159 Å². The molecular weight excluding hydrogens is 338 g/mol. The first kappa shape index (κ1) is 17.7. The van der Waals surface area contributed by atoms with Crippen LogP contribution in [0.2, 0.25) is 0 Å². The largest absolute Gasteiger partial charge is 0.441 e. The molecule has 1 fully saturated rings. The zero-order valence-corrected chi connectivity index (χ0v) is 15.7.